The lowest BCUT2D eigenvalue weighted by Crippen LogP contribution is -2.23. The normalized spacial score (nSPS) is 22.9. The van der Waals surface area contributed by atoms with Crippen LogP contribution in [-0.2, 0) is 4.79 Å². The number of ether oxygens (including phenoxy) is 1. The van der Waals surface area contributed by atoms with Crippen molar-refractivity contribution in [3.63, 3.8) is 0 Å². The van der Waals surface area contributed by atoms with Gasteiger partial charge in [-0.2, -0.15) is 0 Å². The second kappa shape index (κ2) is 5.08. The van der Waals surface area contributed by atoms with Gasteiger partial charge in [0, 0.05) is 24.2 Å². The number of benzene rings is 1. The molecule has 3 nitrogen and oxygen atoms in total. The fourth-order valence-electron chi connectivity index (χ4n) is 2.59. The number of methoxy groups -OCH3 is 1. The van der Waals surface area contributed by atoms with Crippen LogP contribution in [0.3, 0.4) is 0 Å². The summed E-state index contributed by atoms with van der Waals surface area (Å²) in [7, 11) is 1.67. The largest absolute Gasteiger partial charge is 0.497 e. The van der Waals surface area contributed by atoms with Crippen LogP contribution in [0.4, 0.5) is 0 Å². The minimum atomic E-state index is 0.232. The number of hydrogen-bond donors (Lipinski definition) is 1. The number of hydrogen-bond acceptors (Lipinski definition) is 3. The second-order valence-electron chi connectivity index (χ2n) is 5.43. The van der Waals surface area contributed by atoms with E-state index >= 15 is 0 Å². The van der Waals surface area contributed by atoms with Crippen LogP contribution < -0.4 is 10.1 Å². The molecule has 0 radical (unpaired) electrons. The molecule has 3 heteroatoms. The number of carbonyl (C=O) groups is 1. The molecule has 0 bridgehead atoms. The number of carbonyl (C=O) groups excluding carboxylic acids is 1. The number of ketones is 1. The van der Waals surface area contributed by atoms with Crippen molar-refractivity contribution in [2.24, 2.45) is 0 Å². The van der Waals surface area contributed by atoms with Gasteiger partial charge in [-0.25, -0.2) is 0 Å². The average Bonchev–Trinajstić information content (AvgIpc) is 3.22. The van der Waals surface area contributed by atoms with Gasteiger partial charge in [0.1, 0.15) is 5.75 Å². The Morgan fingerprint density at radius 2 is 1.89 bits per heavy atom. The highest BCUT2D eigenvalue weighted by atomic mass is 16.5. The summed E-state index contributed by atoms with van der Waals surface area (Å²) in [4.78, 5) is 11.8. The standard InChI is InChI=1S/C16H19NO2/c1-19-16-6-2-11(3-7-16)12-8-14(10-15(18)9-12)17-13-4-5-13/h2-3,6-7,10,12-13,17H,4-5,8-9H2,1H3/t12-/m1/s1. The average molecular weight is 257 g/mol. The maximum Gasteiger partial charge on any atom is 0.158 e. The summed E-state index contributed by atoms with van der Waals surface area (Å²) in [5, 5.41) is 3.46. The van der Waals surface area contributed by atoms with Crippen molar-refractivity contribution in [3.8, 4) is 5.75 Å². The summed E-state index contributed by atoms with van der Waals surface area (Å²) in [5.74, 6) is 1.39. The molecular formula is C16H19NO2. The Morgan fingerprint density at radius 1 is 1.16 bits per heavy atom. The first-order chi connectivity index (χ1) is 9.24. The Labute approximate surface area is 113 Å². The van der Waals surface area contributed by atoms with Crippen LogP contribution in [0.25, 0.3) is 0 Å². The van der Waals surface area contributed by atoms with Crippen molar-refractivity contribution in [2.75, 3.05) is 7.11 Å². The van der Waals surface area contributed by atoms with Gasteiger partial charge in [0.05, 0.1) is 7.11 Å². The van der Waals surface area contributed by atoms with Crippen LogP contribution in [0, 0.1) is 0 Å². The van der Waals surface area contributed by atoms with Crippen LogP contribution >= 0.6 is 0 Å². The van der Waals surface area contributed by atoms with Crippen molar-refractivity contribution in [1.29, 1.82) is 0 Å². The Balaban J connectivity index is 1.73. The molecule has 0 heterocycles. The van der Waals surface area contributed by atoms with Crippen molar-refractivity contribution >= 4 is 5.78 Å². The van der Waals surface area contributed by atoms with E-state index in [2.05, 4.69) is 17.4 Å². The summed E-state index contributed by atoms with van der Waals surface area (Å²) < 4.78 is 5.17. The molecule has 0 saturated heterocycles. The summed E-state index contributed by atoms with van der Waals surface area (Å²) in [6, 6.07) is 8.67. The minimum absolute atomic E-state index is 0.232. The van der Waals surface area contributed by atoms with E-state index in [0.717, 1.165) is 17.9 Å². The van der Waals surface area contributed by atoms with Gasteiger partial charge in [0.2, 0.25) is 0 Å². The van der Waals surface area contributed by atoms with E-state index in [0.29, 0.717) is 18.4 Å². The lowest BCUT2D eigenvalue weighted by Gasteiger charge is -2.23. The van der Waals surface area contributed by atoms with Crippen LogP contribution in [0.15, 0.2) is 36.0 Å². The molecule has 0 amide bonds. The molecule has 1 N–H and O–H groups in total. The third kappa shape index (κ3) is 2.98. The van der Waals surface area contributed by atoms with E-state index in [1.54, 1.807) is 13.2 Å². The molecule has 0 spiro atoms. The monoisotopic (exact) mass is 257 g/mol. The molecular weight excluding hydrogens is 238 g/mol. The first kappa shape index (κ1) is 12.3. The van der Waals surface area contributed by atoms with Crippen molar-refractivity contribution in [3.05, 3.63) is 41.6 Å². The fraction of sp³-hybridized carbons (Fsp3) is 0.438. The van der Waals surface area contributed by atoms with Gasteiger partial charge in [-0.05, 0) is 42.9 Å². The van der Waals surface area contributed by atoms with Crippen LogP contribution in [0.1, 0.15) is 37.2 Å². The highest BCUT2D eigenvalue weighted by Gasteiger charge is 2.27. The van der Waals surface area contributed by atoms with Crippen LogP contribution in [-0.4, -0.2) is 18.9 Å². The SMILES string of the molecule is COc1ccc([C@H]2CC(=O)C=C(NC3CC3)C2)cc1. The van der Waals surface area contributed by atoms with Crippen molar-refractivity contribution < 1.29 is 9.53 Å². The van der Waals surface area contributed by atoms with Crippen molar-refractivity contribution in [2.45, 2.75) is 37.6 Å². The van der Waals surface area contributed by atoms with Gasteiger partial charge in [0.15, 0.2) is 5.78 Å². The minimum Gasteiger partial charge on any atom is -0.497 e. The zero-order valence-electron chi connectivity index (χ0n) is 11.2. The third-order valence-corrected chi connectivity index (χ3v) is 3.80. The van der Waals surface area contributed by atoms with Crippen LogP contribution in [0.5, 0.6) is 5.75 Å². The summed E-state index contributed by atoms with van der Waals surface area (Å²) in [5.41, 5.74) is 2.33. The molecule has 0 aromatic heterocycles. The van der Waals surface area contributed by atoms with Gasteiger partial charge in [-0.3, -0.25) is 4.79 Å². The number of rotatable bonds is 4. The molecule has 2 aliphatic rings. The molecule has 100 valence electrons. The fourth-order valence-corrected chi connectivity index (χ4v) is 2.59. The van der Waals surface area contributed by atoms with E-state index in [1.807, 2.05) is 12.1 Å². The van der Waals surface area contributed by atoms with Crippen molar-refractivity contribution in [1.82, 2.24) is 5.32 Å². The van der Waals surface area contributed by atoms with Gasteiger partial charge in [-0.1, -0.05) is 12.1 Å². The molecule has 0 aliphatic heterocycles. The van der Waals surface area contributed by atoms with Gasteiger partial charge in [-0.15, -0.1) is 0 Å². The van der Waals surface area contributed by atoms with E-state index in [9.17, 15) is 4.79 Å². The molecule has 1 aromatic rings. The molecule has 0 unspecified atom stereocenters. The topological polar surface area (TPSA) is 38.3 Å². The van der Waals surface area contributed by atoms with Gasteiger partial charge < -0.3 is 10.1 Å². The quantitative estimate of drug-likeness (QED) is 0.901. The van der Waals surface area contributed by atoms with Gasteiger partial charge in [0.25, 0.3) is 0 Å². The predicted molar refractivity (Wildman–Crippen MR) is 74.2 cm³/mol. The molecule has 1 aromatic carbocycles. The summed E-state index contributed by atoms with van der Waals surface area (Å²) in [6.45, 7) is 0. The Kier molecular flexibility index (Phi) is 3.28. The first-order valence-electron chi connectivity index (χ1n) is 6.88. The first-order valence-corrected chi connectivity index (χ1v) is 6.88. The zero-order chi connectivity index (χ0) is 13.2. The lowest BCUT2D eigenvalue weighted by atomic mass is 9.85. The van der Waals surface area contributed by atoms with Crippen LogP contribution in [0.2, 0.25) is 0 Å². The maximum absolute atomic E-state index is 11.8. The third-order valence-electron chi connectivity index (χ3n) is 3.80. The summed E-state index contributed by atoms with van der Waals surface area (Å²) in [6.07, 6.45) is 5.81. The number of nitrogens with one attached hydrogen (secondary N) is 1. The Hall–Kier alpha value is -1.77. The molecule has 2 aliphatic carbocycles. The molecule has 1 atom stereocenters. The summed E-state index contributed by atoms with van der Waals surface area (Å²) >= 11 is 0. The van der Waals surface area contributed by atoms with E-state index < -0.39 is 0 Å². The number of allylic oxidation sites excluding steroid dienone is 2. The lowest BCUT2D eigenvalue weighted by molar-refractivity contribution is -0.115. The Bertz CT molecular complexity index is 500. The van der Waals surface area contributed by atoms with E-state index in [4.69, 9.17) is 4.74 Å². The predicted octanol–water partition coefficient (Wildman–Crippen LogP) is 2.78. The molecule has 1 fully saturated rings. The smallest absolute Gasteiger partial charge is 0.158 e. The molecule has 3 rings (SSSR count). The highest BCUT2D eigenvalue weighted by Crippen LogP contribution is 2.33. The highest BCUT2D eigenvalue weighted by molar-refractivity contribution is 5.92. The zero-order valence-corrected chi connectivity index (χ0v) is 11.2. The van der Waals surface area contributed by atoms with E-state index in [-0.39, 0.29) is 5.78 Å². The van der Waals surface area contributed by atoms with Gasteiger partial charge >= 0.3 is 0 Å². The maximum atomic E-state index is 11.8. The van der Waals surface area contributed by atoms with E-state index in [1.165, 1.54) is 18.4 Å². The molecule has 19 heavy (non-hydrogen) atoms. The molecule has 1 saturated carbocycles. The second-order valence-corrected chi connectivity index (χ2v) is 5.43. The Morgan fingerprint density at radius 3 is 2.53 bits per heavy atom.